The molecule has 0 atom stereocenters. The molecule has 7 heteroatoms. The Morgan fingerprint density at radius 1 is 1.23 bits per heavy atom. The molecule has 1 aromatic heterocycles. The van der Waals surface area contributed by atoms with Crippen molar-refractivity contribution >= 4 is 23.2 Å². The summed E-state index contributed by atoms with van der Waals surface area (Å²) in [6.07, 6.45) is 6.21. The number of rotatable bonds is 6. The van der Waals surface area contributed by atoms with Gasteiger partial charge in [-0.15, -0.1) is 11.3 Å². The highest BCUT2D eigenvalue weighted by Gasteiger charge is 2.22. The van der Waals surface area contributed by atoms with E-state index in [1.54, 1.807) is 7.05 Å². The third kappa shape index (κ3) is 4.83. The van der Waals surface area contributed by atoms with E-state index in [2.05, 4.69) is 27.3 Å². The zero-order chi connectivity index (χ0) is 20.9. The average molecular weight is 426 g/mol. The van der Waals surface area contributed by atoms with E-state index in [0.29, 0.717) is 6.42 Å². The van der Waals surface area contributed by atoms with E-state index in [1.165, 1.54) is 41.0 Å². The predicted octanol–water partition coefficient (Wildman–Crippen LogP) is 3.35. The van der Waals surface area contributed by atoms with Gasteiger partial charge in [-0.25, -0.2) is 4.98 Å². The molecular formula is C23H31N5OS. The van der Waals surface area contributed by atoms with Gasteiger partial charge in [-0.1, -0.05) is 24.3 Å². The fourth-order valence-corrected chi connectivity index (χ4v) is 5.45. The first-order chi connectivity index (χ1) is 14.6. The lowest BCUT2D eigenvalue weighted by molar-refractivity contribution is -0.131. The van der Waals surface area contributed by atoms with E-state index in [-0.39, 0.29) is 5.91 Å². The molecular weight excluding hydrogens is 394 g/mol. The van der Waals surface area contributed by atoms with E-state index < -0.39 is 0 Å². The SMILES string of the molecule is CN=C(NCCCC(=O)N1Cc2ccccc2C1)N(C)Cc1nc2c(s1)CCCC2. The Bertz CT molecular complexity index is 874. The number of nitrogens with one attached hydrogen (secondary N) is 1. The molecule has 0 saturated heterocycles. The summed E-state index contributed by atoms with van der Waals surface area (Å²) in [5.74, 6) is 1.08. The molecule has 160 valence electrons. The van der Waals surface area contributed by atoms with Crippen molar-refractivity contribution in [3.05, 3.63) is 51.0 Å². The summed E-state index contributed by atoms with van der Waals surface area (Å²) < 4.78 is 0. The maximum absolute atomic E-state index is 12.5. The van der Waals surface area contributed by atoms with Crippen LogP contribution in [-0.2, 0) is 37.3 Å². The molecule has 2 heterocycles. The first-order valence-corrected chi connectivity index (χ1v) is 11.7. The van der Waals surface area contributed by atoms with Crippen LogP contribution in [0.25, 0.3) is 0 Å². The smallest absolute Gasteiger partial charge is 0.223 e. The maximum Gasteiger partial charge on any atom is 0.223 e. The highest BCUT2D eigenvalue weighted by Crippen LogP contribution is 2.27. The minimum absolute atomic E-state index is 0.227. The van der Waals surface area contributed by atoms with Crippen molar-refractivity contribution in [1.29, 1.82) is 0 Å². The molecule has 2 aliphatic rings. The zero-order valence-electron chi connectivity index (χ0n) is 18.0. The molecule has 1 aromatic carbocycles. The van der Waals surface area contributed by atoms with Gasteiger partial charge in [0.2, 0.25) is 5.91 Å². The molecule has 0 spiro atoms. The molecule has 4 rings (SSSR count). The zero-order valence-corrected chi connectivity index (χ0v) is 18.8. The van der Waals surface area contributed by atoms with E-state index in [9.17, 15) is 4.79 Å². The lowest BCUT2D eigenvalue weighted by Gasteiger charge is -2.21. The molecule has 0 unspecified atom stereocenters. The van der Waals surface area contributed by atoms with Crippen molar-refractivity contribution < 1.29 is 4.79 Å². The quantitative estimate of drug-likeness (QED) is 0.438. The topological polar surface area (TPSA) is 60.8 Å². The van der Waals surface area contributed by atoms with Gasteiger partial charge in [-0.2, -0.15) is 0 Å². The number of carbonyl (C=O) groups is 1. The Balaban J connectivity index is 1.20. The van der Waals surface area contributed by atoms with Crippen molar-refractivity contribution in [1.82, 2.24) is 20.1 Å². The maximum atomic E-state index is 12.5. The Morgan fingerprint density at radius 2 is 1.97 bits per heavy atom. The van der Waals surface area contributed by atoms with Crippen molar-refractivity contribution in [3.8, 4) is 0 Å². The highest BCUT2D eigenvalue weighted by atomic mass is 32.1. The molecule has 6 nitrogen and oxygen atoms in total. The highest BCUT2D eigenvalue weighted by molar-refractivity contribution is 7.11. The monoisotopic (exact) mass is 425 g/mol. The number of thiazole rings is 1. The fraction of sp³-hybridized carbons (Fsp3) is 0.522. The second-order valence-electron chi connectivity index (χ2n) is 8.14. The van der Waals surface area contributed by atoms with E-state index >= 15 is 0 Å². The van der Waals surface area contributed by atoms with Gasteiger partial charge >= 0.3 is 0 Å². The summed E-state index contributed by atoms with van der Waals surface area (Å²) in [5, 5.41) is 4.56. The molecule has 0 bridgehead atoms. The van der Waals surface area contributed by atoms with Gasteiger partial charge in [0.25, 0.3) is 0 Å². The average Bonchev–Trinajstić information content (AvgIpc) is 3.37. The van der Waals surface area contributed by atoms with E-state index in [4.69, 9.17) is 4.98 Å². The molecule has 0 fully saturated rings. The summed E-state index contributed by atoms with van der Waals surface area (Å²) in [6.45, 7) is 2.98. The Labute approximate surface area is 183 Å². The van der Waals surface area contributed by atoms with Gasteiger partial charge < -0.3 is 15.1 Å². The standard InChI is InChI=1S/C23H31N5OS/c1-24-23(27(2)16-21-26-19-10-5-6-11-20(19)30-21)25-13-7-12-22(29)28-14-17-8-3-4-9-18(17)15-28/h3-4,8-9H,5-7,10-16H2,1-2H3,(H,24,25). The summed E-state index contributed by atoms with van der Waals surface area (Å²) >= 11 is 1.85. The summed E-state index contributed by atoms with van der Waals surface area (Å²) in [6, 6.07) is 8.31. The summed E-state index contributed by atoms with van der Waals surface area (Å²) in [7, 11) is 3.85. The van der Waals surface area contributed by atoms with Gasteiger partial charge in [-0.3, -0.25) is 9.79 Å². The van der Waals surface area contributed by atoms with Gasteiger partial charge in [-0.05, 0) is 43.2 Å². The van der Waals surface area contributed by atoms with Crippen LogP contribution in [0.5, 0.6) is 0 Å². The first-order valence-electron chi connectivity index (χ1n) is 10.9. The molecule has 1 aliphatic heterocycles. The minimum Gasteiger partial charge on any atom is -0.356 e. The molecule has 2 aromatic rings. The third-order valence-electron chi connectivity index (χ3n) is 5.88. The fourth-order valence-electron chi connectivity index (χ4n) is 4.24. The normalized spacial score (nSPS) is 15.7. The van der Waals surface area contributed by atoms with Crippen molar-refractivity contribution in [3.63, 3.8) is 0 Å². The van der Waals surface area contributed by atoms with E-state index in [1.807, 2.05) is 35.4 Å². The second kappa shape index (κ2) is 9.60. The predicted molar refractivity (Wildman–Crippen MR) is 122 cm³/mol. The minimum atomic E-state index is 0.227. The Hall–Kier alpha value is -2.41. The van der Waals surface area contributed by atoms with Crippen LogP contribution in [0.1, 0.15) is 52.4 Å². The van der Waals surface area contributed by atoms with Gasteiger partial charge in [0.15, 0.2) is 5.96 Å². The number of nitrogens with zero attached hydrogens (tertiary/aromatic N) is 4. The van der Waals surface area contributed by atoms with Crippen LogP contribution >= 0.6 is 11.3 Å². The number of aliphatic imine (C=N–C) groups is 1. The van der Waals surface area contributed by atoms with E-state index in [0.717, 1.165) is 50.0 Å². The Kier molecular flexibility index (Phi) is 6.67. The van der Waals surface area contributed by atoms with Crippen molar-refractivity contribution in [2.45, 2.75) is 58.2 Å². The molecule has 1 N–H and O–H groups in total. The number of hydrogen-bond donors (Lipinski definition) is 1. The Morgan fingerprint density at radius 3 is 2.67 bits per heavy atom. The number of fused-ring (bicyclic) bond motifs is 2. The molecule has 0 saturated carbocycles. The third-order valence-corrected chi connectivity index (χ3v) is 7.02. The van der Waals surface area contributed by atoms with Crippen molar-refractivity contribution in [2.75, 3.05) is 20.6 Å². The number of benzene rings is 1. The lowest BCUT2D eigenvalue weighted by Crippen LogP contribution is -2.39. The number of aryl methyl sites for hydroxylation is 2. The van der Waals surface area contributed by atoms with Gasteiger partial charge in [0.05, 0.1) is 12.2 Å². The van der Waals surface area contributed by atoms with Crippen molar-refractivity contribution in [2.24, 2.45) is 4.99 Å². The van der Waals surface area contributed by atoms with Crippen LogP contribution < -0.4 is 5.32 Å². The summed E-state index contributed by atoms with van der Waals surface area (Å²) in [5.41, 5.74) is 3.85. The van der Waals surface area contributed by atoms with Gasteiger partial charge in [0, 0.05) is 45.0 Å². The largest absolute Gasteiger partial charge is 0.356 e. The summed E-state index contributed by atoms with van der Waals surface area (Å²) in [4.78, 5) is 27.3. The number of aromatic nitrogens is 1. The van der Waals surface area contributed by atoms with Crippen LogP contribution in [0.3, 0.4) is 0 Å². The van der Waals surface area contributed by atoms with Crippen LogP contribution in [0, 0.1) is 0 Å². The second-order valence-corrected chi connectivity index (χ2v) is 9.30. The van der Waals surface area contributed by atoms with Crippen LogP contribution in [0.15, 0.2) is 29.3 Å². The number of carbonyl (C=O) groups excluding carboxylic acids is 1. The van der Waals surface area contributed by atoms with Crippen LogP contribution in [0.2, 0.25) is 0 Å². The van der Waals surface area contributed by atoms with Crippen LogP contribution in [-0.4, -0.2) is 47.3 Å². The molecule has 0 radical (unpaired) electrons. The van der Waals surface area contributed by atoms with Gasteiger partial charge in [0.1, 0.15) is 5.01 Å². The number of amides is 1. The van der Waals surface area contributed by atoms with Crippen LogP contribution in [0.4, 0.5) is 0 Å². The molecule has 1 amide bonds. The number of guanidine groups is 1. The lowest BCUT2D eigenvalue weighted by atomic mass is 10.0. The molecule has 1 aliphatic carbocycles. The molecule has 30 heavy (non-hydrogen) atoms. The number of hydrogen-bond acceptors (Lipinski definition) is 4. The first kappa shape index (κ1) is 20.8.